The minimum Gasteiger partial charge on any atom is -0.497 e. The second-order valence-electron chi connectivity index (χ2n) is 8.52. The lowest BCUT2D eigenvalue weighted by atomic mass is 9.52. The van der Waals surface area contributed by atoms with E-state index in [-0.39, 0.29) is 16.0 Å². The van der Waals surface area contributed by atoms with Crippen molar-refractivity contribution in [2.75, 3.05) is 18.6 Å². The van der Waals surface area contributed by atoms with Crippen LogP contribution in [0.2, 0.25) is 0 Å². The van der Waals surface area contributed by atoms with E-state index < -0.39 is 0 Å². The lowest BCUT2D eigenvalue weighted by Crippen LogP contribution is -2.61. The van der Waals surface area contributed by atoms with Crippen LogP contribution in [0.4, 0.5) is 11.4 Å². The van der Waals surface area contributed by atoms with Crippen LogP contribution >= 0.6 is 0 Å². The predicted octanol–water partition coefficient (Wildman–Crippen LogP) is 4.87. The van der Waals surface area contributed by atoms with E-state index in [2.05, 4.69) is 23.1 Å². The van der Waals surface area contributed by atoms with Crippen molar-refractivity contribution >= 4 is 11.4 Å². The summed E-state index contributed by atoms with van der Waals surface area (Å²) < 4.78 is 5.55. The maximum absolute atomic E-state index is 11.0. The van der Waals surface area contributed by atoms with Gasteiger partial charge in [0.2, 0.25) is 0 Å². The van der Waals surface area contributed by atoms with E-state index in [4.69, 9.17) is 4.74 Å². The Balaban J connectivity index is 1.56. The number of methoxy groups -OCH3 is 1. The maximum atomic E-state index is 11.0. The SMILES string of the molecule is COc1ccc2c(c1)[C@@]13CCCC[C@H]1[C@H](C2)N(c1ccc([N+](=O)[O-])cc1)CC3. The van der Waals surface area contributed by atoms with Gasteiger partial charge in [0.05, 0.1) is 12.0 Å². The van der Waals surface area contributed by atoms with E-state index in [1.165, 1.54) is 36.8 Å². The molecule has 0 amide bonds. The number of fused-ring (bicyclic) bond motifs is 1. The third kappa shape index (κ3) is 2.52. The number of ether oxygens (including phenoxy) is 1. The van der Waals surface area contributed by atoms with Gasteiger partial charge in [0.25, 0.3) is 5.69 Å². The van der Waals surface area contributed by atoms with Gasteiger partial charge in [-0.2, -0.15) is 0 Å². The lowest BCUT2D eigenvalue weighted by molar-refractivity contribution is -0.384. The minimum atomic E-state index is -0.323. The molecule has 0 unspecified atom stereocenters. The number of nitro groups is 1. The zero-order valence-corrected chi connectivity index (χ0v) is 16.3. The Labute approximate surface area is 165 Å². The van der Waals surface area contributed by atoms with Gasteiger partial charge in [-0.25, -0.2) is 0 Å². The molecule has 1 heterocycles. The Morgan fingerprint density at radius 1 is 1.14 bits per heavy atom. The fourth-order valence-corrected chi connectivity index (χ4v) is 6.20. The van der Waals surface area contributed by atoms with Gasteiger partial charge in [-0.15, -0.1) is 0 Å². The molecule has 5 nitrogen and oxygen atoms in total. The highest BCUT2D eigenvalue weighted by Crippen LogP contribution is 2.56. The van der Waals surface area contributed by atoms with Crippen molar-refractivity contribution in [1.29, 1.82) is 0 Å². The summed E-state index contributed by atoms with van der Waals surface area (Å²) in [6, 6.07) is 14.2. The Morgan fingerprint density at radius 2 is 1.96 bits per heavy atom. The van der Waals surface area contributed by atoms with Crippen LogP contribution in [0.5, 0.6) is 5.75 Å². The summed E-state index contributed by atoms with van der Waals surface area (Å²) in [4.78, 5) is 13.2. The van der Waals surface area contributed by atoms with E-state index in [9.17, 15) is 10.1 Å². The van der Waals surface area contributed by atoms with Crippen molar-refractivity contribution in [3.8, 4) is 5.75 Å². The van der Waals surface area contributed by atoms with Gasteiger partial charge < -0.3 is 9.64 Å². The fraction of sp³-hybridized carbons (Fsp3) is 0.478. The molecule has 0 spiro atoms. The smallest absolute Gasteiger partial charge is 0.269 e. The van der Waals surface area contributed by atoms with E-state index in [0.717, 1.165) is 30.8 Å². The van der Waals surface area contributed by atoms with Gasteiger partial charge in [-0.1, -0.05) is 18.9 Å². The van der Waals surface area contributed by atoms with Crippen molar-refractivity contribution in [3.05, 3.63) is 63.7 Å². The molecule has 2 aromatic rings. The quantitative estimate of drug-likeness (QED) is 0.565. The summed E-state index contributed by atoms with van der Waals surface area (Å²) >= 11 is 0. The number of hydrogen-bond acceptors (Lipinski definition) is 4. The molecule has 5 heteroatoms. The summed E-state index contributed by atoms with van der Waals surface area (Å²) in [6.07, 6.45) is 7.33. The first kappa shape index (κ1) is 17.5. The van der Waals surface area contributed by atoms with Crippen LogP contribution in [0.3, 0.4) is 0 Å². The van der Waals surface area contributed by atoms with Gasteiger partial charge in [0.15, 0.2) is 0 Å². The van der Waals surface area contributed by atoms with E-state index in [1.807, 2.05) is 12.1 Å². The lowest BCUT2D eigenvalue weighted by Gasteiger charge is -2.59. The molecule has 3 aliphatic rings. The van der Waals surface area contributed by atoms with Crippen LogP contribution in [0.15, 0.2) is 42.5 Å². The average Bonchev–Trinajstić information content (AvgIpc) is 2.73. The molecule has 146 valence electrons. The van der Waals surface area contributed by atoms with Gasteiger partial charge >= 0.3 is 0 Å². The molecule has 28 heavy (non-hydrogen) atoms. The molecule has 1 aliphatic heterocycles. The highest BCUT2D eigenvalue weighted by molar-refractivity contribution is 5.56. The van der Waals surface area contributed by atoms with Crippen molar-refractivity contribution in [2.45, 2.75) is 50.0 Å². The molecule has 0 radical (unpaired) electrons. The summed E-state index contributed by atoms with van der Waals surface area (Å²) in [5.41, 5.74) is 4.52. The number of piperidine rings is 1. The van der Waals surface area contributed by atoms with Crippen LogP contribution in [-0.2, 0) is 11.8 Å². The zero-order chi connectivity index (χ0) is 19.3. The summed E-state index contributed by atoms with van der Waals surface area (Å²) in [5, 5.41) is 11.0. The molecule has 1 saturated heterocycles. The number of hydrogen-bond donors (Lipinski definition) is 0. The molecule has 1 saturated carbocycles. The minimum absolute atomic E-state index is 0.161. The van der Waals surface area contributed by atoms with Crippen molar-refractivity contribution < 1.29 is 9.66 Å². The Morgan fingerprint density at radius 3 is 2.71 bits per heavy atom. The standard InChI is InChI=1S/C23H26N2O3/c1-28-19-10-5-16-14-22-20-4-2-3-11-23(20,21(16)15-19)12-13-24(22)17-6-8-18(9-7-17)25(26)27/h5-10,15,20,22H,2-4,11-14H2,1H3/t20-,22-,23+/m0/s1. The summed E-state index contributed by atoms with van der Waals surface area (Å²) in [7, 11) is 1.75. The second-order valence-corrected chi connectivity index (χ2v) is 8.52. The fourth-order valence-electron chi connectivity index (χ4n) is 6.20. The third-order valence-corrected chi connectivity index (χ3v) is 7.44. The highest BCUT2D eigenvalue weighted by atomic mass is 16.6. The second kappa shape index (κ2) is 6.50. The van der Waals surface area contributed by atoms with Gasteiger partial charge in [-0.05, 0) is 67.0 Å². The van der Waals surface area contributed by atoms with E-state index in [0.29, 0.717) is 12.0 Å². The molecule has 2 bridgehead atoms. The molecular weight excluding hydrogens is 352 g/mol. The first-order valence-electron chi connectivity index (χ1n) is 10.3. The number of benzene rings is 2. The van der Waals surface area contributed by atoms with Crippen LogP contribution in [-0.4, -0.2) is 24.6 Å². The van der Waals surface area contributed by atoms with Crippen LogP contribution in [0.1, 0.15) is 43.2 Å². The molecule has 5 rings (SSSR count). The first-order valence-corrected chi connectivity index (χ1v) is 10.3. The summed E-state index contributed by atoms with van der Waals surface area (Å²) in [5.74, 6) is 1.61. The number of nitro benzene ring substituents is 1. The van der Waals surface area contributed by atoms with E-state index >= 15 is 0 Å². The monoisotopic (exact) mass is 378 g/mol. The normalized spacial score (nSPS) is 28.2. The zero-order valence-electron chi connectivity index (χ0n) is 16.3. The number of nitrogens with zero attached hydrogens (tertiary/aromatic N) is 2. The molecule has 2 fully saturated rings. The first-order chi connectivity index (χ1) is 13.6. The predicted molar refractivity (Wildman–Crippen MR) is 109 cm³/mol. The molecule has 2 aromatic carbocycles. The number of anilines is 1. The molecular formula is C23H26N2O3. The van der Waals surface area contributed by atoms with Crippen LogP contribution < -0.4 is 9.64 Å². The third-order valence-electron chi connectivity index (χ3n) is 7.44. The Kier molecular flexibility index (Phi) is 4.07. The topological polar surface area (TPSA) is 55.6 Å². The van der Waals surface area contributed by atoms with Crippen molar-refractivity contribution in [1.82, 2.24) is 0 Å². The van der Waals surface area contributed by atoms with Crippen LogP contribution in [0, 0.1) is 16.0 Å². The molecule has 2 aliphatic carbocycles. The van der Waals surface area contributed by atoms with Crippen LogP contribution in [0.25, 0.3) is 0 Å². The summed E-state index contributed by atoms with van der Waals surface area (Å²) in [6.45, 7) is 1.01. The number of rotatable bonds is 3. The number of non-ortho nitro benzene ring substituents is 1. The maximum Gasteiger partial charge on any atom is 0.269 e. The van der Waals surface area contributed by atoms with Gasteiger partial charge in [0, 0.05) is 35.8 Å². The average molecular weight is 378 g/mol. The molecule has 3 atom stereocenters. The largest absolute Gasteiger partial charge is 0.497 e. The van der Waals surface area contributed by atoms with Gasteiger partial charge in [0.1, 0.15) is 5.75 Å². The molecule has 0 N–H and O–H groups in total. The Bertz CT molecular complexity index is 911. The van der Waals surface area contributed by atoms with Crippen molar-refractivity contribution in [3.63, 3.8) is 0 Å². The van der Waals surface area contributed by atoms with E-state index in [1.54, 1.807) is 19.2 Å². The Hall–Kier alpha value is -2.56. The molecule has 0 aromatic heterocycles. The highest BCUT2D eigenvalue weighted by Gasteiger charge is 2.53. The van der Waals surface area contributed by atoms with Gasteiger partial charge in [-0.3, -0.25) is 10.1 Å². The van der Waals surface area contributed by atoms with Crippen molar-refractivity contribution in [2.24, 2.45) is 5.92 Å².